The maximum atomic E-state index is 12.4. The van der Waals surface area contributed by atoms with Gasteiger partial charge in [-0.05, 0) is 59.0 Å². The van der Waals surface area contributed by atoms with Crippen LogP contribution in [0.1, 0.15) is 10.4 Å². The van der Waals surface area contributed by atoms with Gasteiger partial charge in [0.2, 0.25) is 0 Å². The van der Waals surface area contributed by atoms with Crippen LogP contribution >= 0.6 is 22.6 Å². The topological polar surface area (TPSA) is 72.5 Å². The maximum absolute atomic E-state index is 12.4. The van der Waals surface area contributed by atoms with Gasteiger partial charge in [-0.1, -0.05) is 16.0 Å². The van der Waals surface area contributed by atoms with E-state index in [1.165, 1.54) is 18.2 Å². The van der Waals surface area contributed by atoms with Crippen molar-refractivity contribution in [2.75, 3.05) is 5.32 Å². The number of amides is 1. The van der Waals surface area contributed by atoms with Gasteiger partial charge >= 0.3 is 10.5 Å². The molecule has 2 aromatic rings. The quantitative estimate of drug-likeness (QED) is 0.609. The largest absolute Gasteiger partial charge is 0.488 e. The summed E-state index contributed by atoms with van der Waals surface area (Å²) in [7, 11) is -5.12. The number of anilines is 1. The Kier molecular flexibility index (Phi) is 4.78. The molecule has 0 aromatic heterocycles. The molecule has 0 atom stereocenters. The first kappa shape index (κ1) is 15.7. The molecule has 0 aliphatic heterocycles. The number of carbonyl (C=O) groups is 1. The van der Waals surface area contributed by atoms with E-state index in [2.05, 4.69) is 32.1 Å². The molecule has 21 heavy (non-hydrogen) atoms. The second-order valence-corrected chi connectivity index (χ2v) is 6.17. The number of benzene rings is 2. The molecule has 0 saturated heterocycles. The summed E-state index contributed by atoms with van der Waals surface area (Å²) < 4.78 is 38.3. The first-order valence-corrected chi connectivity index (χ1v) is 8.03. The van der Waals surface area contributed by atoms with Crippen LogP contribution in [-0.4, -0.2) is 14.3 Å². The fourth-order valence-corrected chi connectivity index (χ4v) is 2.45. The minimum absolute atomic E-state index is 0.148. The normalized spacial score (nSPS) is 11.0. The third kappa shape index (κ3) is 4.97. The lowest BCUT2D eigenvalue weighted by molar-refractivity contribution is 0.102. The van der Waals surface area contributed by atoms with E-state index in [9.17, 15) is 17.1 Å². The van der Waals surface area contributed by atoms with Gasteiger partial charge in [-0.25, -0.2) is 0 Å². The molecular weight excluding hydrogens is 412 g/mol. The van der Waals surface area contributed by atoms with Crippen molar-refractivity contribution in [3.05, 3.63) is 57.7 Å². The van der Waals surface area contributed by atoms with Crippen molar-refractivity contribution in [3.8, 4) is 5.75 Å². The van der Waals surface area contributed by atoms with Crippen LogP contribution in [0.15, 0.2) is 48.5 Å². The van der Waals surface area contributed by atoms with E-state index in [1.807, 2.05) is 6.07 Å². The molecule has 0 unspecified atom stereocenters. The zero-order valence-electron chi connectivity index (χ0n) is 10.4. The summed E-state index contributed by atoms with van der Waals surface area (Å²) in [6.07, 6.45) is 0. The van der Waals surface area contributed by atoms with Gasteiger partial charge in [0.25, 0.3) is 5.91 Å². The van der Waals surface area contributed by atoms with E-state index in [4.69, 9.17) is 0 Å². The summed E-state index contributed by atoms with van der Waals surface area (Å²) in [4.78, 5) is 12.0. The Bertz CT molecular complexity index is 779. The van der Waals surface area contributed by atoms with Crippen molar-refractivity contribution in [3.63, 3.8) is 0 Å². The van der Waals surface area contributed by atoms with Gasteiger partial charge in [0.15, 0.2) is 0 Å². The molecule has 0 fully saturated rings. The van der Waals surface area contributed by atoms with Crippen LogP contribution in [-0.2, 0) is 10.5 Å². The average molecular weight is 421 g/mol. The SMILES string of the molecule is O=C(Nc1cccc(I)c1)c1cccc(OS(=O)(=O)F)c1. The smallest absolute Gasteiger partial charge is 0.358 e. The van der Waals surface area contributed by atoms with Crippen molar-refractivity contribution >= 4 is 44.7 Å². The minimum Gasteiger partial charge on any atom is -0.358 e. The van der Waals surface area contributed by atoms with Crippen molar-refractivity contribution < 1.29 is 21.3 Å². The highest BCUT2D eigenvalue weighted by Gasteiger charge is 2.12. The van der Waals surface area contributed by atoms with Crippen molar-refractivity contribution in [1.29, 1.82) is 0 Å². The van der Waals surface area contributed by atoms with Crippen molar-refractivity contribution in [2.45, 2.75) is 0 Å². The molecule has 0 radical (unpaired) electrons. The molecule has 0 aliphatic rings. The Morgan fingerprint density at radius 3 is 2.52 bits per heavy atom. The summed E-state index contributed by atoms with van der Waals surface area (Å²) in [6, 6.07) is 12.4. The van der Waals surface area contributed by atoms with E-state index in [0.29, 0.717) is 5.69 Å². The Morgan fingerprint density at radius 1 is 1.14 bits per heavy atom. The van der Waals surface area contributed by atoms with Crippen LogP contribution in [0, 0.1) is 3.57 Å². The third-order valence-corrected chi connectivity index (χ3v) is 3.44. The fraction of sp³-hybridized carbons (Fsp3) is 0. The number of hydrogen-bond acceptors (Lipinski definition) is 4. The molecule has 1 amide bonds. The first-order valence-electron chi connectivity index (χ1n) is 5.64. The Hall–Kier alpha value is -1.68. The molecule has 0 heterocycles. The summed E-state index contributed by atoms with van der Waals surface area (Å²) in [5, 5.41) is 2.65. The van der Waals surface area contributed by atoms with Gasteiger partial charge in [-0.3, -0.25) is 4.79 Å². The van der Waals surface area contributed by atoms with Crippen LogP contribution in [0.4, 0.5) is 9.57 Å². The summed E-state index contributed by atoms with van der Waals surface area (Å²) in [6.45, 7) is 0. The minimum atomic E-state index is -5.12. The van der Waals surface area contributed by atoms with Crippen LogP contribution in [0.3, 0.4) is 0 Å². The number of halogens is 2. The second-order valence-electron chi connectivity index (χ2n) is 3.97. The molecule has 0 saturated carbocycles. The molecule has 2 aromatic carbocycles. The molecule has 8 heteroatoms. The molecular formula is C13H9FINO4S. The van der Waals surface area contributed by atoms with Crippen LogP contribution in [0.2, 0.25) is 0 Å². The first-order chi connectivity index (χ1) is 9.83. The zero-order valence-corrected chi connectivity index (χ0v) is 13.4. The number of nitrogens with one attached hydrogen (secondary N) is 1. The van der Waals surface area contributed by atoms with Gasteiger partial charge in [0, 0.05) is 14.8 Å². The van der Waals surface area contributed by atoms with Gasteiger partial charge < -0.3 is 9.50 Å². The number of hydrogen-bond donors (Lipinski definition) is 1. The summed E-state index contributed by atoms with van der Waals surface area (Å²) >= 11 is 2.11. The van der Waals surface area contributed by atoms with Crippen molar-refractivity contribution in [1.82, 2.24) is 0 Å². The van der Waals surface area contributed by atoms with E-state index in [0.717, 1.165) is 9.64 Å². The van der Waals surface area contributed by atoms with Crippen LogP contribution in [0.25, 0.3) is 0 Å². The summed E-state index contributed by atoms with van der Waals surface area (Å²) in [5.74, 6) is -0.730. The zero-order chi connectivity index (χ0) is 15.5. The number of carbonyl (C=O) groups excluding carboxylic acids is 1. The molecule has 1 N–H and O–H groups in total. The van der Waals surface area contributed by atoms with E-state index >= 15 is 0 Å². The van der Waals surface area contributed by atoms with Crippen LogP contribution < -0.4 is 9.50 Å². The molecule has 0 bridgehead atoms. The molecule has 2 rings (SSSR count). The molecule has 0 spiro atoms. The van der Waals surface area contributed by atoms with Gasteiger partial charge in [0.1, 0.15) is 5.75 Å². The highest BCUT2D eigenvalue weighted by molar-refractivity contribution is 14.1. The highest BCUT2D eigenvalue weighted by atomic mass is 127. The van der Waals surface area contributed by atoms with E-state index in [1.54, 1.807) is 18.2 Å². The Labute approximate surface area is 134 Å². The lowest BCUT2D eigenvalue weighted by Crippen LogP contribution is -2.12. The standard InChI is InChI=1S/C13H9FINO4S/c14-21(18,19)20-12-6-1-3-9(7-12)13(17)16-11-5-2-4-10(15)8-11/h1-8H,(H,16,17). The van der Waals surface area contributed by atoms with Gasteiger partial charge in [0.05, 0.1) is 0 Å². The van der Waals surface area contributed by atoms with E-state index < -0.39 is 16.4 Å². The highest BCUT2D eigenvalue weighted by Crippen LogP contribution is 2.18. The lowest BCUT2D eigenvalue weighted by Gasteiger charge is -2.07. The second kappa shape index (κ2) is 6.39. The summed E-state index contributed by atoms with van der Waals surface area (Å²) in [5.41, 5.74) is 0.742. The van der Waals surface area contributed by atoms with Crippen molar-refractivity contribution in [2.24, 2.45) is 0 Å². The maximum Gasteiger partial charge on any atom is 0.488 e. The predicted octanol–water partition coefficient (Wildman–Crippen LogP) is 3.14. The fourth-order valence-electron chi connectivity index (χ4n) is 1.57. The molecule has 110 valence electrons. The Balaban J connectivity index is 2.18. The predicted molar refractivity (Wildman–Crippen MR) is 84.2 cm³/mol. The monoisotopic (exact) mass is 421 g/mol. The lowest BCUT2D eigenvalue weighted by atomic mass is 10.2. The average Bonchev–Trinajstić information content (AvgIpc) is 2.37. The number of rotatable bonds is 4. The van der Waals surface area contributed by atoms with Gasteiger partial charge in [-0.15, -0.1) is 0 Å². The van der Waals surface area contributed by atoms with Crippen LogP contribution in [0.5, 0.6) is 5.75 Å². The van der Waals surface area contributed by atoms with Gasteiger partial charge in [-0.2, -0.15) is 8.42 Å². The third-order valence-electron chi connectivity index (χ3n) is 2.37. The molecule has 5 nitrogen and oxygen atoms in total. The Morgan fingerprint density at radius 2 is 1.86 bits per heavy atom. The molecule has 0 aliphatic carbocycles. The van der Waals surface area contributed by atoms with E-state index in [-0.39, 0.29) is 11.3 Å².